The number of carbonyl (C=O) groups is 1. The maximum absolute atomic E-state index is 12.0. The van der Waals surface area contributed by atoms with Gasteiger partial charge in [-0.1, -0.05) is 41.4 Å². The Kier molecular flexibility index (Phi) is 5.10. The van der Waals surface area contributed by atoms with Crippen molar-refractivity contribution in [2.24, 2.45) is 0 Å². The van der Waals surface area contributed by atoms with Crippen molar-refractivity contribution in [2.45, 2.75) is 19.4 Å². The molecule has 0 aliphatic carbocycles. The Hall–Kier alpha value is -1.71. The van der Waals surface area contributed by atoms with E-state index < -0.39 is 0 Å². The van der Waals surface area contributed by atoms with Crippen LogP contribution in [0.1, 0.15) is 24.1 Å². The second-order valence-electron chi connectivity index (χ2n) is 4.87. The number of amides is 1. The Morgan fingerprint density at radius 3 is 2.48 bits per heavy atom. The number of hydrogen-bond donors (Lipinski definition) is 2. The summed E-state index contributed by atoms with van der Waals surface area (Å²) in [6.45, 7) is 1.88. The summed E-state index contributed by atoms with van der Waals surface area (Å²) in [7, 11) is 0. The Morgan fingerprint density at radius 2 is 1.86 bits per heavy atom. The van der Waals surface area contributed by atoms with E-state index in [0.717, 1.165) is 11.1 Å². The first-order valence-corrected chi connectivity index (χ1v) is 7.30. The van der Waals surface area contributed by atoms with E-state index >= 15 is 0 Å². The van der Waals surface area contributed by atoms with Gasteiger partial charge < -0.3 is 11.1 Å². The fourth-order valence-corrected chi connectivity index (χ4v) is 2.62. The summed E-state index contributed by atoms with van der Waals surface area (Å²) in [6.07, 6.45) is 0.301. The molecule has 2 rings (SSSR count). The minimum Gasteiger partial charge on any atom is -0.399 e. The molecule has 0 radical (unpaired) electrons. The van der Waals surface area contributed by atoms with Crippen molar-refractivity contribution in [1.82, 2.24) is 5.32 Å². The highest BCUT2D eigenvalue weighted by atomic mass is 35.5. The molecule has 0 aromatic heterocycles. The third-order valence-corrected chi connectivity index (χ3v) is 3.71. The van der Waals surface area contributed by atoms with Gasteiger partial charge in [-0.05, 0) is 42.3 Å². The lowest BCUT2D eigenvalue weighted by Gasteiger charge is -2.16. The second-order valence-corrected chi connectivity index (χ2v) is 5.72. The minimum atomic E-state index is -0.184. The number of hydrogen-bond acceptors (Lipinski definition) is 2. The largest absolute Gasteiger partial charge is 0.399 e. The van der Waals surface area contributed by atoms with Gasteiger partial charge in [-0.15, -0.1) is 0 Å². The van der Waals surface area contributed by atoms with Crippen molar-refractivity contribution >= 4 is 34.8 Å². The Labute approximate surface area is 134 Å². The topological polar surface area (TPSA) is 55.1 Å². The van der Waals surface area contributed by atoms with Crippen LogP contribution in [0.25, 0.3) is 0 Å². The van der Waals surface area contributed by atoms with Gasteiger partial charge in [-0.25, -0.2) is 0 Å². The molecular weight excluding hydrogens is 307 g/mol. The van der Waals surface area contributed by atoms with Crippen LogP contribution >= 0.6 is 23.2 Å². The van der Waals surface area contributed by atoms with Crippen molar-refractivity contribution in [1.29, 1.82) is 0 Å². The number of nitrogen functional groups attached to an aromatic ring is 1. The van der Waals surface area contributed by atoms with Gasteiger partial charge in [0.2, 0.25) is 5.91 Å². The highest BCUT2D eigenvalue weighted by Crippen LogP contribution is 2.26. The van der Waals surface area contributed by atoms with Crippen LogP contribution in [0, 0.1) is 0 Å². The van der Waals surface area contributed by atoms with Gasteiger partial charge in [0.1, 0.15) is 0 Å². The number of carbonyl (C=O) groups excluding carboxylic acids is 1. The smallest absolute Gasteiger partial charge is 0.224 e. The molecule has 1 unspecified atom stereocenters. The molecular formula is C16H16Cl2N2O. The number of nitrogens with two attached hydrogens (primary N) is 1. The Morgan fingerprint density at radius 1 is 1.19 bits per heavy atom. The van der Waals surface area contributed by atoms with Gasteiger partial charge in [-0.2, -0.15) is 0 Å². The molecule has 0 bridgehead atoms. The van der Waals surface area contributed by atoms with Gasteiger partial charge >= 0.3 is 0 Å². The molecule has 0 saturated carbocycles. The third-order valence-electron chi connectivity index (χ3n) is 3.15. The molecule has 0 aliphatic rings. The number of nitrogens with one attached hydrogen (secondary N) is 1. The van der Waals surface area contributed by atoms with Gasteiger partial charge in [-0.3, -0.25) is 4.79 Å². The zero-order valence-corrected chi connectivity index (χ0v) is 13.1. The molecule has 0 fully saturated rings. The SMILES string of the molecule is CC(NC(=O)Cc1ccc(N)cc1)c1ccc(Cl)cc1Cl. The number of benzene rings is 2. The molecule has 0 aliphatic heterocycles. The van der Waals surface area contributed by atoms with Crippen molar-refractivity contribution < 1.29 is 4.79 Å². The van der Waals surface area contributed by atoms with Gasteiger partial charge in [0.05, 0.1) is 12.5 Å². The zero-order valence-electron chi connectivity index (χ0n) is 11.6. The molecule has 2 aromatic rings. The maximum Gasteiger partial charge on any atom is 0.224 e. The Balaban J connectivity index is 2.00. The van der Waals surface area contributed by atoms with E-state index in [1.165, 1.54) is 0 Å². The molecule has 110 valence electrons. The summed E-state index contributed by atoms with van der Waals surface area (Å²) in [6, 6.07) is 12.3. The highest BCUT2D eigenvalue weighted by molar-refractivity contribution is 6.35. The first kappa shape index (κ1) is 15.7. The lowest BCUT2D eigenvalue weighted by atomic mass is 10.1. The summed E-state index contributed by atoms with van der Waals surface area (Å²) in [5.41, 5.74) is 8.05. The van der Waals surface area contributed by atoms with Crippen molar-refractivity contribution in [3.05, 3.63) is 63.6 Å². The first-order valence-electron chi connectivity index (χ1n) is 6.54. The lowest BCUT2D eigenvalue weighted by molar-refractivity contribution is -0.121. The summed E-state index contributed by atoms with van der Waals surface area (Å²) in [5, 5.41) is 4.04. The molecule has 1 amide bonds. The van der Waals surface area contributed by atoms with Crippen LogP contribution in [0.5, 0.6) is 0 Å². The van der Waals surface area contributed by atoms with Gasteiger partial charge in [0.15, 0.2) is 0 Å². The van der Waals surface area contributed by atoms with Crippen LogP contribution in [0.2, 0.25) is 10.0 Å². The summed E-state index contributed by atoms with van der Waals surface area (Å²) < 4.78 is 0. The Bertz CT molecular complexity index is 641. The van der Waals surface area contributed by atoms with E-state index in [4.69, 9.17) is 28.9 Å². The summed E-state index contributed by atoms with van der Waals surface area (Å²) in [5.74, 6) is -0.0710. The number of anilines is 1. The lowest BCUT2D eigenvalue weighted by Crippen LogP contribution is -2.28. The van der Waals surface area contributed by atoms with Crippen LogP contribution in [0.4, 0.5) is 5.69 Å². The first-order chi connectivity index (χ1) is 9.95. The summed E-state index contributed by atoms with van der Waals surface area (Å²) in [4.78, 5) is 12.0. The van der Waals surface area contributed by atoms with Crippen LogP contribution in [-0.4, -0.2) is 5.91 Å². The fraction of sp³-hybridized carbons (Fsp3) is 0.188. The predicted octanol–water partition coefficient (Wildman–Crippen LogP) is 4.00. The molecule has 5 heteroatoms. The molecule has 2 aromatic carbocycles. The van der Waals surface area contributed by atoms with E-state index in [1.807, 2.05) is 25.1 Å². The average molecular weight is 323 g/mol. The molecule has 21 heavy (non-hydrogen) atoms. The van der Waals surface area contributed by atoms with Gasteiger partial charge in [0, 0.05) is 15.7 Å². The van der Waals surface area contributed by atoms with Crippen molar-refractivity contribution in [2.75, 3.05) is 5.73 Å². The predicted molar refractivity (Wildman–Crippen MR) is 87.6 cm³/mol. The molecule has 3 nitrogen and oxygen atoms in total. The van der Waals surface area contributed by atoms with E-state index in [1.54, 1.807) is 24.3 Å². The number of rotatable bonds is 4. The van der Waals surface area contributed by atoms with Crippen molar-refractivity contribution in [3.63, 3.8) is 0 Å². The third kappa shape index (κ3) is 4.38. The van der Waals surface area contributed by atoms with E-state index in [9.17, 15) is 4.79 Å². The highest BCUT2D eigenvalue weighted by Gasteiger charge is 2.13. The zero-order chi connectivity index (χ0) is 15.4. The second kappa shape index (κ2) is 6.83. The molecule has 1 atom stereocenters. The van der Waals surface area contributed by atoms with E-state index in [2.05, 4.69) is 5.32 Å². The minimum absolute atomic E-state index is 0.0710. The van der Waals surface area contributed by atoms with Crippen LogP contribution in [-0.2, 0) is 11.2 Å². The average Bonchev–Trinajstić information content (AvgIpc) is 2.41. The van der Waals surface area contributed by atoms with Crippen LogP contribution < -0.4 is 11.1 Å². The molecule has 0 saturated heterocycles. The normalized spacial score (nSPS) is 12.0. The standard InChI is InChI=1S/C16H16Cl2N2O/c1-10(14-7-4-12(17)9-15(14)18)20-16(21)8-11-2-5-13(19)6-3-11/h2-7,9-10H,8,19H2,1H3,(H,20,21). The molecule has 3 N–H and O–H groups in total. The summed E-state index contributed by atoms with van der Waals surface area (Å²) >= 11 is 12.0. The van der Waals surface area contributed by atoms with E-state index in [0.29, 0.717) is 22.2 Å². The van der Waals surface area contributed by atoms with Gasteiger partial charge in [0.25, 0.3) is 0 Å². The monoisotopic (exact) mass is 322 g/mol. The molecule has 0 spiro atoms. The quantitative estimate of drug-likeness (QED) is 0.836. The van der Waals surface area contributed by atoms with Crippen molar-refractivity contribution in [3.8, 4) is 0 Å². The fourth-order valence-electron chi connectivity index (χ4n) is 2.04. The van der Waals surface area contributed by atoms with Crippen LogP contribution in [0.3, 0.4) is 0 Å². The van der Waals surface area contributed by atoms with Crippen LogP contribution in [0.15, 0.2) is 42.5 Å². The van der Waals surface area contributed by atoms with E-state index in [-0.39, 0.29) is 11.9 Å². The maximum atomic E-state index is 12.0. The molecule has 0 heterocycles. The number of halogens is 2.